The zero-order valence-electron chi connectivity index (χ0n) is 8.01. The average Bonchev–Trinajstić information content (AvgIpc) is 2.05. The van der Waals surface area contributed by atoms with Gasteiger partial charge in [-0.15, -0.1) is 0 Å². The Kier molecular flexibility index (Phi) is 3.88. The van der Waals surface area contributed by atoms with Crippen LogP contribution in [0.2, 0.25) is 0 Å². The lowest BCUT2D eigenvalue weighted by molar-refractivity contribution is 0.324. The quantitative estimate of drug-likeness (QED) is 0.623. The van der Waals surface area contributed by atoms with Crippen LogP contribution in [0.25, 0.3) is 0 Å². The first kappa shape index (κ1) is 9.33. The lowest BCUT2D eigenvalue weighted by Crippen LogP contribution is -2.40. The predicted octanol–water partition coefficient (Wildman–Crippen LogP) is 1.37. The van der Waals surface area contributed by atoms with E-state index in [-0.39, 0.29) is 0 Å². The minimum absolute atomic E-state index is 1.11. The van der Waals surface area contributed by atoms with Gasteiger partial charge in [-0.05, 0) is 26.1 Å². The molecule has 1 rings (SSSR count). The third-order valence-electron chi connectivity index (χ3n) is 1.88. The Bertz CT molecular complexity index is 172. The molecule has 0 aliphatic carbocycles. The van der Waals surface area contributed by atoms with Crippen molar-refractivity contribution in [2.75, 3.05) is 26.2 Å². The highest BCUT2D eigenvalue weighted by Crippen LogP contribution is 1.95. The molecule has 0 radical (unpaired) electrons. The monoisotopic (exact) mass is 166 g/mol. The Morgan fingerprint density at radius 3 is 2.50 bits per heavy atom. The molecule has 0 aromatic heterocycles. The largest absolute Gasteiger partial charge is 0.375 e. The second kappa shape index (κ2) is 4.99. The van der Waals surface area contributed by atoms with Gasteiger partial charge in [0, 0.05) is 26.2 Å². The Morgan fingerprint density at radius 2 is 1.92 bits per heavy atom. The highest BCUT2D eigenvalue weighted by molar-refractivity contribution is 5.08. The van der Waals surface area contributed by atoms with E-state index in [0.717, 1.165) is 26.2 Å². The fourth-order valence-electron chi connectivity index (χ4n) is 1.19. The Morgan fingerprint density at radius 1 is 1.25 bits per heavy atom. The van der Waals surface area contributed by atoms with Gasteiger partial charge in [0.15, 0.2) is 0 Å². The highest BCUT2D eigenvalue weighted by atomic mass is 15.2. The van der Waals surface area contributed by atoms with E-state index in [9.17, 15) is 0 Å². The summed E-state index contributed by atoms with van der Waals surface area (Å²) in [5.74, 6) is 0. The van der Waals surface area contributed by atoms with Crippen LogP contribution < -0.4 is 5.32 Å². The number of hydrogen-bond donors (Lipinski definition) is 1. The highest BCUT2D eigenvalue weighted by Gasteiger charge is 2.02. The van der Waals surface area contributed by atoms with Crippen molar-refractivity contribution in [3.8, 4) is 0 Å². The van der Waals surface area contributed by atoms with Crippen molar-refractivity contribution in [2.45, 2.75) is 13.8 Å². The van der Waals surface area contributed by atoms with E-state index < -0.39 is 0 Å². The maximum atomic E-state index is 3.32. The first-order chi connectivity index (χ1) is 5.79. The number of piperazine rings is 1. The number of allylic oxidation sites excluding steroid dienone is 3. The molecule has 0 amide bonds. The normalized spacial score (nSPS) is 18.3. The minimum Gasteiger partial charge on any atom is -0.375 e. The van der Waals surface area contributed by atoms with Gasteiger partial charge in [-0.2, -0.15) is 0 Å². The van der Waals surface area contributed by atoms with Crippen LogP contribution in [-0.4, -0.2) is 31.1 Å². The molecule has 1 aliphatic rings. The molecule has 2 nitrogen and oxygen atoms in total. The summed E-state index contributed by atoms with van der Waals surface area (Å²) in [6.45, 7) is 8.71. The molecule has 1 N–H and O–H groups in total. The zero-order chi connectivity index (χ0) is 8.81. The second-order valence-electron chi connectivity index (χ2n) is 3.37. The van der Waals surface area contributed by atoms with Gasteiger partial charge in [0.25, 0.3) is 0 Å². The third kappa shape index (κ3) is 3.58. The molecule has 1 aliphatic heterocycles. The minimum atomic E-state index is 1.11. The van der Waals surface area contributed by atoms with Crippen LogP contribution in [0.3, 0.4) is 0 Å². The summed E-state index contributed by atoms with van der Waals surface area (Å²) in [6, 6.07) is 0. The van der Waals surface area contributed by atoms with Crippen LogP contribution in [0.4, 0.5) is 0 Å². The van der Waals surface area contributed by atoms with Crippen LogP contribution in [0.15, 0.2) is 23.9 Å². The van der Waals surface area contributed by atoms with E-state index in [1.807, 2.05) is 0 Å². The van der Waals surface area contributed by atoms with Crippen LogP contribution in [-0.2, 0) is 0 Å². The lowest BCUT2D eigenvalue weighted by atomic mass is 10.3. The maximum absolute atomic E-state index is 3.32. The topological polar surface area (TPSA) is 15.3 Å². The molecule has 0 unspecified atom stereocenters. The molecule has 0 spiro atoms. The van der Waals surface area contributed by atoms with Crippen molar-refractivity contribution in [1.82, 2.24) is 10.2 Å². The molecular formula is C10H18N2. The predicted molar refractivity (Wildman–Crippen MR) is 53.0 cm³/mol. The van der Waals surface area contributed by atoms with Crippen molar-refractivity contribution >= 4 is 0 Å². The summed E-state index contributed by atoms with van der Waals surface area (Å²) >= 11 is 0. The molecular weight excluding hydrogens is 148 g/mol. The van der Waals surface area contributed by atoms with E-state index in [4.69, 9.17) is 0 Å². The van der Waals surface area contributed by atoms with Gasteiger partial charge in [0.2, 0.25) is 0 Å². The SMILES string of the molecule is CC(C)=CC=CN1CCNCC1. The van der Waals surface area contributed by atoms with Crippen molar-refractivity contribution in [2.24, 2.45) is 0 Å². The number of rotatable bonds is 2. The van der Waals surface area contributed by atoms with Crippen LogP contribution in [0.5, 0.6) is 0 Å². The Hall–Kier alpha value is -0.760. The molecule has 0 aromatic carbocycles. The van der Waals surface area contributed by atoms with Crippen LogP contribution in [0, 0.1) is 0 Å². The molecule has 1 saturated heterocycles. The van der Waals surface area contributed by atoms with Gasteiger partial charge in [0.1, 0.15) is 0 Å². The van der Waals surface area contributed by atoms with Crippen molar-refractivity contribution in [1.29, 1.82) is 0 Å². The number of nitrogens with one attached hydrogen (secondary N) is 1. The molecule has 12 heavy (non-hydrogen) atoms. The van der Waals surface area contributed by atoms with Gasteiger partial charge < -0.3 is 10.2 Å². The summed E-state index contributed by atoms with van der Waals surface area (Å²) in [6.07, 6.45) is 6.44. The Labute approximate surface area is 74.9 Å². The summed E-state index contributed by atoms with van der Waals surface area (Å²) in [4.78, 5) is 2.34. The van der Waals surface area contributed by atoms with Gasteiger partial charge in [-0.1, -0.05) is 11.6 Å². The van der Waals surface area contributed by atoms with E-state index in [1.54, 1.807) is 0 Å². The van der Waals surface area contributed by atoms with E-state index >= 15 is 0 Å². The van der Waals surface area contributed by atoms with Gasteiger partial charge in [0.05, 0.1) is 0 Å². The summed E-state index contributed by atoms with van der Waals surface area (Å²) in [5, 5.41) is 3.32. The van der Waals surface area contributed by atoms with Crippen molar-refractivity contribution < 1.29 is 0 Å². The number of hydrogen-bond acceptors (Lipinski definition) is 2. The average molecular weight is 166 g/mol. The second-order valence-corrected chi connectivity index (χ2v) is 3.37. The van der Waals surface area contributed by atoms with E-state index in [1.165, 1.54) is 5.57 Å². The standard InChI is InChI=1S/C10H18N2/c1-10(2)4-3-7-12-8-5-11-6-9-12/h3-4,7,11H,5-6,8-9H2,1-2H3. The van der Waals surface area contributed by atoms with Gasteiger partial charge in [-0.3, -0.25) is 0 Å². The molecule has 0 bridgehead atoms. The smallest absolute Gasteiger partial charge is 0.0298 e. The summed E-state index contributed by atoms with van der Waals surface area (Å²) < 4.78 is 0. The molecule has 1 fully saturated rings. The first-order valence-corrected chi connectivity index (χ1v) is 4.55. The van der Waals surface area contributed by atoms with Gasteiger partial charge in [-0.25, -0.2) is 0 Å². The van der Waals surface area contributed by atoms with Crippen molar-refractivity contribution in [3.05, 3.63) is 23.9 Å². The van der Waals surface area contributed by atoms with E-state index in [2.05, 4.69) is 42.4 Å². The fourth-order valence-corrected chi connectivity index (χ4v) is 1.19. The first-order valence-electron chi connectivity index (χ1n) is 4.55. The Balaban J connectivity index is 2.29. The van der Waals surface area contributed by atoms with Crippen LogP contribution >= 0.6 is 0 Å². The summed E-state index contributed by atoms with van der Waals surface area (Å²) in [7, 11) is 0. The van der Waals surface area contributed by atoms with Gasteiger partial charge >= 0.3 is 0 Å². The lowest BCUT2D eigenvalue weighted by Gasteiger charge is -2.25. The number of nitrogens with zero attached hydrogens (tertiary/aromatic N) is 1. The third-order valence-corrected chi connectivity index (χ3v) is 1.88. The maximum Gasteiger partial charge on any atom is 0.0298 e. The van der Waals surface area contributed by atoms with E-state index in [0.29, 0.717) is 0 Å². The molecule has 2 heteroatoms. The molecule has 0 saturated carbocycles. The zero-order valence-corrected chi connectivity index (χ0v) is 8.01. The molecule has 0 aromatic rings. The van der Waals surface area contributed by atoms with Crippen molar-refractivity contribution in [3.63, 3.8) is 0 Å². The molecule has 0 atom stereocenters. The molecule has 68 valence electrons. The summed E-state index contributed by atoms with van der Waals surface area (Å²) in [5.41, 5.74) is 1.35. The van der Waals surface area contributed by atoms with Crippen LogP contribution in [0.1, 0.15) is 13.8 Å². The fraction of sp³-hybridized carbons (Fsp3) is 0.600. The molecule has 1 heterocycles.